The number of aromatic nitrogens is 3. The van der Waals surface area contributed by atoms with Crippen LogP contribution in [0.15, 0.2) is 65.3 Å². The maximum absolute atomic E-state index is 13.1. The molecule has 158 valence electrons. The standard InChI is InChI=1S/C22H19FN4O4/c1-29-16-9-10-17(19(12-16)30-2)24-20(28)13-27-11-3-4-18(27)22-25-21(26-31-22)14-5-7-15(23)8-6-14/h3-12H,13H2,1-2H3,(H,24,28). The molecule has 0 saturated carbocycles. The van der Waals surface area contributed by atoms with Crippen molar-refractivity contribution in [2.75, 3.05) is 19.5 Å². The van der Waals surface area contributed by atoms with Crippen molar-refractivity contribution in [1.29, 1.82) is 0 Å². The number of carbonyl (C=O) groups excluding carboxylic acids is 1. The van der Waals surface area contributed by atoms with Gasteiger partial charge in [-0.25, -0.2) is 4.39 Å². The summed E-state index contributed by atoms with van der Waals surface area (Å²) >= 11 is 0. The Hall–Kier alpha value is -4.14. The molecule has 0 unspecified atom stereocenters. The Morgan fingerprint density at radius 2 is 1.94 bits per heavy atom. The largest absolute Gasteiger partial charge is 0.497 e. The summed E-state index contributed by atoms with van der Waals surface area (Å²) < 4.78 is 30.6. The van der Waals surface area contributed by atoms with E-state index >= 15 is 0 Å². The van der Waals surface area contributed by atoms with Gasteiger partial charge in [0.1, 0.15) is 29.6 Å². The van der Waals surface area contributed by atoms with Crippen molar-refractivity contribution in [2.45, 2.75) is 6.54 Å². The van der Waals surface area contributed by atoms with Crippen LogP contribution in [0.4, 0.5) is 10.1 Å². The SMILES string of the molecule is COc1ccc(NC(=O)Cn2cccc2-c2nc(-c3ccc(F)cc3)no2)c(OC)c1. The minimum Gasteiger partial charge on any atom is -0.497 e. The van der Waals surface area contributed by atoms with E-state index in [0.717, 1.165) is 0 Å². The highest BCUT2D eigenvalue weighted by molar-refractivity contribution is 5.92. The van der Waals surface area contributed by atoms with E-state index < -0.39 is 0 Å². The fourth-order valence-corrected chi connectivity index (χ4v) is 3.04. The second-order valence-corrected chi connectivity index (χ2v) is 6.57. The molecule has 4 rings (SSSR count). The molecule has 0 aliphatic rings. The van der Waals surface area contributed by atoms with Crippen LogP contribution in [-0.2, 0) is 11.3 Å². The van der Waals surface area contributed by atoms with Crippen molar-refractivity contribution in [3.8, 4) is 34.5 Å². The summed E-state index contributed by atoms with van der Waals surface area (Å²) in [6.45, 7) is 0.0196. The van der Waals surface area contributed by atoms with E-state index in [4.69, 9.17) is 14.0 Å². The van der Waals surface area contributed by atoms with Gasteiger partial charge in [0.15, 0.2) is 0 Å². The Labute approximate surface area is 177 Å². The molecule has 4 aromatic rings. The van der Waals surface area contributed by atoms with E-state index in [0.29, 0.717) is 34.3 Å². The van der Waals surface area contributed by atoms with E-state index in [2.05, 4.69) is 15.5 Å². The molecule has 2 aromatic carbocycles. The first-order valence-corrected chi connectivity index (χ1v) is 9.34. The second kappa shape index (κ2) is 8.70. The molecule has 0 radical (unpaired) electrons. The van der Waals surface area contributed by atoms with Gasteiger partial charge in [0.05, 0.1) is 19.9 Å². The van der Waals surface area contributed by atoms with Crippen LogP contribution in [0.25, 0.3) is 23.0 Å². The van der Waals surface area contributed by atoms with Crippen LogP contribution in [0.5, 0.6) is 11.5 Å². The molecule has 31 heavy (non-hydrogen) atoms. The van der Waals surface area contributed by atoms with Crippen LogP contribution in [0.3, 0.4) is 0 Å². The van der Waals surface area contributed by atoms with Crippen molar-refractivity contribution in [3.63, 3.8) is 0 Å². The molecule has 1 amide bonds. The molecule has 9 heteroatoms. The summed E-state index contributed by atoms with van der Waals surface area (Å²) in [7, 11) is 3.07. The van der Waals surface area contributed by atoms with Gasteiger partial charge in [-0.2, -0.15) is 4.98 Å². The average Bonchev–Trinajstić information content (AvgIpc) is 3.44. The minimum atomic E-state index is -0.346. The number of halogens is 1. The van der Waals surface area contributed by atoms with Gasteiger partial charge in [0.2, 0.25) is 11.7 Å². The highest BCUT2D eigenvalue weighted by Crippen LogP contribution is 2.29. The van der Waals surface area contributed by atoms with Gasteiger partial charge < -0.3 is 23.9 Å². The van der Waals surface area contributed by atoms with Crippen LogP contribution < -0.4 is 14.8 Å². The van der Waals surface area contributed by atoms with Crippen molar-refractivity contribution >= 4 is 11.6 Å². The number of methoxy groups -OCH3 is 2. The third-order valence-electron chi connectivity index (χ3n) is 4.57. The lowest BCUT2D eigenvalue weighted by molar-refractivity contribution is -0.116. The van der Waals surface area contributed by atoms with Gasteiger partial charge in [-0.05, 0) is 48.5 Å². The maximum Gasteiger partial charge on any atom is 0.274 e. The fourth-order valence-electron chi connectivity index (χ4n) is 3.04. The van der Waals surface area contributed by atoms with E-state index in [1.807, 2.05) is 0 Å². The van der Waals surface area contributed by atoms with Crippen LogP contribution in [-0.4, -0.2) is 34.8 Å². The smallest absolute Gasteiger partial charge is 0.274 e. The molecule has 1 N–H and O–H groups in total. The van der Waals surface area contributed by atoms with Gasteiger partial charge in [-0.1, -0.05) is 5.16 Å². The van der Waals surface area contributed by atoms with E-state index in [-0.39, 0.29) is 24.2 Å². The molecule has 0 saturated heterocycles. The number of nitrogens with one attached hydrogen (secondary N) is 1. The van der Waals surface area contributed by atoms with Crippen LogP contribution in [0.1, 0.15) is 0 Å². The number of amides is 1. The summed E-state index contributed by atoms with van der Waals surface area (Å²) in [6.07, 6.45) is 1.74. The van der Waals surface area contributed by atoms with Crippen molar-refractivity contribution in [3.05, 3.63) is 66.6 Å². The van der Waals surface area contributed by atoms with E-state index in [1.165, 1.54) is 19.2 Å². The first kappa shape index (κ1) is 20.1. The van der Waals surface area contributed by atoms with E-state index in [9.17, 15) is 9.18 Å². The predicted molar refractivity (Wildman–Crippen MR) is 111 cm³/mol. The number of hydrogen-bond acceptors (Lipinski definition) is 6. The summed E-state index contributed by atoms with van der Waals surface area (Å²) in [4.78, 5) is 17.0. The second-order valence-electron chi connectivity index (χ2n) is 6.57. The van der Waals surface area contributed by atoms with Crippen LogP contribution >= 0.6 is 0 Å². The van der Waals surface area contributed by atoms with Crippen LogP contribution in [0.2, 0.25) is 0 Å². The predicted octanol–water partition coefficient (Wildman–Crippen LogP) is 4.00. The Morgan fingerprint density at radius 3 is 2.68 bits per heavy atom. The monoisotopic (exact) mass is 422 g/mol. The number of nitrogens with zero attached hydrogens (tertiary/aromatic N) is 3. The Kier molecular flexibility index (Phi) is 5.65. The van der Waals surface area contributed by atoms with E-state index in [1.54, 1.807) is 60.3 Å². The van der Waals surface area contributed by atoms with Gasteiger partial charge in [-0.15, -0.1) is 0 Å². The third kappa shape index (κ3) is 4.40. The topological polar surface area (TPSA) is 91.4 Å². The molecule has 0 aliphatic heterocycles. The third-order valence-corrected chi connectivity index (χ3v) is 4.57. The lowest BCUT2D eigenvalue weighted by Crippen LogP contribution is -2.19. The van der Waals surface area contributed by atoms with Gasteiger partial charge in [-0.3, -0.25) is 4.79 Å². The van der Waals surface area contributed by atoms with Crippen LogP contribution in [0, 0.1) is 5.82 Å². The Balaban J connectivity index is 1.50. The van der Waals surface area contributed by atoms with Crippen molar-refractivity contribution in [1.82, 2.24) is 14.7 Å². The van der Waals surface area contributed by atoms with Gasteiger partial charge in [0.25, 0.3) is 5.89 Å². The molecule has 0 bridgehead atoms. The minimum absolute atomic E-state index is 0.0196. The zero-order valence-electron chi connectivity index (χ0n) is 16.8. The number of anilines is 1. The zero-order valence-corrected chi connectivity index (χ0v) is 16.8. The molecule has 2 aromatic heterocycles. The number of benzene rings is 2. The highest BCUT2D eigenvalue weighted by atomic mass is 19.1. The molecule has 2 heterocycles. The molecular weight excluding hydrogens is 403 g/mol. The quantitative estimate of drug-likeness (QED) is 0.484. The summed E-state index contributed by atoms with van der Waals surface area (Å²) in [6, 6.07) is 14.5. The van der Waals surface area contributed by atoms with Crippen molar-refractivity contribution in [2.24, 2.45) is 0 Å². The summed E-state index contributed by atoms with van der Waals surface area (Å²) in [5, 5.41) is 6.77. The molecule has 0 aliphatic carbocycles. The first-order valence-electron chi connectivity index (χ1n) is 9.34. The number of rotatable bonds is 7. The average molecular weight is 422 g/mol. The lowest BCUT2D eigenvalue weighted by Gasteiger charge is -2.12. The van der Waals surface area contributed by atoms with Gasteiger partial charge >= 0.3 is 0 Å². The maximum atomic E-state index is 13.1. The summed E-state index contributed by atoms with van der Waals surface area (Å²) in [5.41, 5.74) is 1.73. The lowest BCUT2D eigenvalue weighted by atomic mass is 10.2. The summed E-state index contributed by atoms with van der Waals surface area (Å²) in [5.74, 6) is 1.08. The Bertz CT molecular complexity index is 1200. The molecule has 0 spiro atoms. The number of carbonyl (C=O) groups is 1. The fraction of sp³-hybridized carbons (Fsp3) is 0.136. The molecule has 8 nitrogen and oxygen atoms in total. The molecule has 0 atom stereocenters. The highest BCUT2D eigenvalue weighted by Gasteiger charge is 2.16. The van der Waals surface area contributed by atoms with Gasteiger partial charge in [0, 0.05) is 17.8 Å². The first-order chi connectivity index (χ1) is 15.1. The Morgan fingerprint density at radius 1 is 1.13 bits per heavy atom. The molecule has 0 fully saturated rings. The normalized spacial score (nSPS) is 10.7. The number of hydrogen-bond donors (Lipinski definition) is 1. The van der Waals surface area contributed by atoms with Crippen molar-refractivity contribution < 1.29 is 23.2 Å². The molecular formula is C22H19FN4O4. The zero-order chi connectivity index (χ0) is 21.8. The number of ether oxygens (including phenoxy) is 2.